The topological polar surface area (TPSA) is 55.1 Å². The first-order chi connectivity index (χ1) is 7.25. The van der Waals surface area contributed by atoms with E-state index in [1.54, 1.807) is 0 Å². The van der Waals surface area contributed by atoms with Gasteiger partial charge < -0.3 is 11.1 Å². The highest BCUT2D eigenvalue weighted by atomic mass is 16.1. The molecular formula is C12H22N2O. The van der Waals surface area contributed by atoms with Gasteiger partial charge in [-0.05, 0) is 38.5 Å². The summed E-state index contributed by atoms with van der Waals surface area (Å²) in [6.45, 7) is 0. The second-order valence-corrected chi connectivity index (χ2v) is 5.10. The van der Waals surface area contributed by atoms with Crippen LogP contribution in [0.5, 0.6) is 0 Å². The Bertz CT molecular complexity index is 216. The van der Waals surface area contributed by atoms with Gasteiger partial charge in [-0.1, -0.05) is 12.8 Å². The smallest absolute Gasteiger partial charge is 0.220 e. The number of nitrogens with one attached hydrogen (secondary N) is 1. The molecule has 0 unspecified atom stereocenters. The van der Waals surface area contributed by atoms with Crippen LogP contribution in [0.4, 0.5) is 0 Å². The fourth-order valence-electron chi connectivity index (χ4n) is 2.97. The fourth-order valence-corrected chi connectivity index (χ4v) is 2.97. The van der Waals surface area contributed by atoms with Crippen LogP contribution >= 0.6 is 0 Å². The standard InChI is InChI=1S/C12H22N2O/c13-12(15)9-5-7-11(8-6-9)14-10-3-1-2-4-10/h9-11,14H,1-8H2,(H2,13,15). The van der Waals surface area contributed by atoms with E-state index >= 15 is 0 Å². The Kier molecular flexibility index (Phi) is 3.62. The monoisotopic (exact) mass is 210 g/mol. The highest BCUT2D eigenvalue weighted by Gasteiger charge is 2.26. The second-order valence-electron chi connectivity index (χ2n) is 5.10. The molecule has 0 spiro atoms. The Morgan fingerprint density at radius 3 is 2.00 bits per heavy atom. The minimum Gasteiger partial charge on any atom is -0.369 e. The van der Waals surface area contributed by atoms with Crippen LogP contribution in [0.15, 0.2) is 0 Å². The van der Waals surface area contributed by atoms with Crippen molar-refractivity contribution >= 4 is 5.91 Å². The summed E-state index contributed by atoms with van der Waals surface area (Å²) in [6, 6.07) is 1.39. The van der Waals surface area contributed by atoms with E-state index in [0.29, 0.717) is 6.04 Å². The quantitative estimate of drug-likeness (QED) is 0.742. The van der Waals surface area contributed by atoms with Crippen LogP contribution in [-0.2, 0) is 4.79 Å². The van der Waals surface area contributed by atoms with E-state index in [4.69, 9.17) is 5.73 Å². The van der Waals surface area contributed by atoms with Gasteiger partial charge in [0.2, 0.25) is 5.91 Å². The first-order valence-electron chi connectivity index (χ1n) is 6.31. The molecule has 0 aromatic rings. The molecule has 1 amide bonds. The number of hydrogen-bond donors (Lipinski definition) is 2. The van der Waals surface area contributed by atoms with E-state index < -0.39 is 0 Å². The number of carbonyl (C=O) groups is 1. The lowest BCUT2D eigenvalue weighted by atomic mass is 9.85. The number of hydrogen-bond acceptors (Lipinski definition) is 2. The summed E-state index contributed by atoms with van der Waals surface area (Å²) in [5, 5.41) is 3.73. The summed E-state index contributed by atoms with van der Waals surface area (Å²) in [4.78, 5) is 11.0. The molecule has 3 nitrogen and oxygen atoms in total. The molecular weight excluding hydrogens is 188 g/mol. The molecule has 0 bridgehead atoms. The molecule has 3 N–H and O–H groups in total. The maximum atomic E-state index is 11.0. The van der Waals surface area contributed by atoms with Gasteiger partial charge in [0, 0.05) is 18.0 Å². The number of nitrogens with two attached hydrogens (primary N) is 1. The maximum absolute atomic E-state index is 11.0. The number of primary amides is 1. The van der Waals surface area contributed by atoms with E-state index in [2.05, 4.69) is 5.32 Å². The molecule has 0 aliphatic heterocycles. The van der Waals surface area contributed by atoms with E-state index in [1.165, 1.54) is 25.7 Å². The summed E-state index contributed by atoms with van der Waals surface area (Å²) in [6.07, 6.45) is 9.68. The molecule has 2 rings (SSSR count). The van der Waals surface area contributed by atoms with Crippen molar-refractivity contribution in [1.29, 1.82) is 0 Å². The van der Waals surface area contributed by atoms with Crippen molar-refractivity contribution in [2.45, 2.75) is 63.5 Å². The van der Waals surface area contributed by atoms with Crippen molar-refractivity contribution in [3.63, 3.8) is 0 Å². The first-order valence-corrected chi connectivity index (χ1v) is 6.31. The highest BCUT2D eigenvalue weighted by Crippen LogP contribution is 2.26. The van der Waals surface area contributed by atoms with Gasteiger partial charge in [-0.3, -0.25) is 4.79 Å². The zero-order valence-corrected chi connectivity index (χ0v) is 9.37. The normalized spacial score (nSPS) is 33.1. The average molecular weight is 210 g/mol. The largest absolute Gasteiger partial charge is 0.369 e. The third kappa shape index (κ3) is 2.94. The lowest BCUT2D eigenvalue weighted by molar-refractivity contribution is -0.122. The molecule has 2 fully saturated rings. The first kappa shape index (κ1) is 10.9. The molecule has 0 radical (unpaired) electrons. The Labute approximate surface area is 91.8 Å². The van der Waals surface area contributed by atoms with E-state index in [-0.39, 0.29) is 11.8 Å². The van der Waals surface area contributed by atoms with Gasteiger partial charge in [-0.25, -0.2) is 0 Å². The van der Waals surface area contributed by atoms with Crippen molar-refractivity contribution in [1.82, 2.24) is 5.32 Å². The second kappa shape index (κ2) is 4.97. The summed E-state index contributed by atoms with van der Waals surface area (Å²) in [5.74, 6) is 0.0425. The van der Waals surface area contributed by atoms with Crippen molar-refractivity contribution in [3.8, 4) is 0 Å². The minimum atomic E-state index is -0.102. The third-order valence-corrected chi connectivity index (χ3v) is 3.96. The van der Waals surface area contributed by atoms with Crippen LogP contribution < -0.4 is 11.1 Å². The van der Waals surface area contributed by atoms with E-state index in [9.17, 15) is 4.79 Å². The summed E-state index contributed by atoms with van der Waals surface area (Å²) in [7, 11) is 0. The van der Waals surface area contributed by atoms with Gasteiger partial charge in [0.1, 0.15) is 0 Å². The van der Waals surface area contributed by atoms with E-state index in [0.717, 1.165) is 31.7 Å². The lowest BCUT2D eigenvalue weighted by Crippen LogP contribution is -2.40. The maximum Gasteiger partial charge on any atom is 0.220 e. The Balaban J connectivity index is 1.71. The van der Waals surface area contributed by atoms with Crippen LogP contribution in [0.1, 0.15) is 51.4 Å². The molecule has 3 heteroatoms. The Morgan fingerprint density at radius 1 is 0.933 bits per heavy atom. The number of rotatable bonds is 3. The summed E-state index contributed by atoms with van der Waals surface area (Å²) >= 11 is 0. The molecule has 2 saturated carbocycles. The zero-order valence-electron chi connectivity index (χ0n) is 9.37. The molecule has 2 aliphatic rings. The van der Waals surface area contributed by atoms with Gasteiger partial charge in [-0.2, -0.15) is 0 Å². The van der Waals surface area contributed by atoms with Gasteiger partial charge in [-0.15, -0.1) is 0 Å². The molecule has 0 heterocycles. The molecule has 15 heavy (non-hydrogen) atoms. The van der Waals surface area contributed by atoms with E-state index in [1.807, 2.05) is 0 Å². The summed E-state index contributed by atoms with van der Waals surface area (Å²) < 4.78 is 0. The molecule has 86 valence electrons. The minimum absolute atomic E-state index is 0.102. The average Bonchev–Trinajstić information content (AvgIpc) is 2.71. The number of carbonyl (C=O) groups excluding carboxylic acids is 1. The third-order valence-electron chi connectivity index (χ3n) is 3.96. The van der Waals surface area contributed by atoms with Crippen molar-refractivity contribution in [3.05, 3.63) is 0 Å². The van der Waals surface area contributed by atoms with Gasteiger partial charge in [0.15, 0.2) is 0 Å². The molecule has 2 aliphatic carbocycles. The highest BCUT2D eigenvalue weighted by molar-refractivity contribution is 5.76. The van der Waals surface area contributed by atoms with Gasteiger partial charge in [0.05, 0.1) is 0 Å². The number of amides is 1. The van der Waals surface area contributed by atoms with Gasteiger partial charge in [0.25, 0.3) is 0 Å². The van der Waals surface area contributed by atoms with Crippen LogP contribution in [-0.4, -0.2) is 18.0 Å². The van der Waals surface area contributed by atoms with Gasteiger partial charge >= 0.3 is 0 Å². The van der Waals surface area contributed by atoms with Crippen LogP contribution in [0.25, 0.3) is 0 Å². The van der Waals surface area contributed by atoms with Crippen LogP contribution in [0.2, 0.25) is 0 Å². The predicted molar refractivity (Wildman–Crippen MR) is 60.3 cm³/mol. The SMILES string of the molecule is NC(=O)C1CCC(NC2CCCC2)CC1. The zero-order chi connectivity index (χ0) is 10.7. The van der Waals surface area contributed by atoms with Crippen molar-refractivity contribution in [2.24, 2.45) is 11.7 Å². The van der Waals surface area contributed by atoms with Crippen molar-refractivity contribution < 1.29 is 4.79 Å². The molecule has 0 aromatic heterocycles. The fraction of sp³-hybridized carbons (Fsp3) is 0.917. The molecule has 0 atom stereocenters. The van der Waals surface area contributed by atoms with Crippen molar-refractivity contribution in [2.75, 3.05) is 0 Å². The predicted octanol–water partition coefficient (Wildman–Crippen LogP) is 1.56. The Morgan fingerprint density at radius 2 is 1.47 bits per heavy atom. The summed E-state index contributed by atoms with van der Waals surface area (Å²) in [5.41, 5.74) is 5.32. The molecule has 0 aromatic carbocycles. The lowest BCUT2D eigenvalue weighted by Gasteiger charge is -2.29. The molecule has 0 saturated heterocycles. The van der Waals surface area contributed by atoms with Crippen LogP contribution in [0, 0.1) is 5.92 Å². The Hall–Kier alpha value is -0.570. The van der Waals surface area contributed by atoms with Crippen LogP contribution in [0.3, 0.4) is 0 Å².